The van der Waals surface area contributed by atoms with E-state index in [1.54, 1.807) is 41.1 Å². The van der Waals surface area contributed by atoms with Gasteiger partial charge in [-0.15, -0.1) is 0 Å². The fourth-order valence-electron chi connectivity index (χ4n) is 4.08. The van der Waals surface area contributed by atoms with Crippen LogP contribution in [0.2, 0.25) is 5.02 Å². The third kappa shape index (κ3) is 4.10. The lowest BCUT2D eigenvalue weighted by molar-refractivity contribution is -0.135. The van der Waals surface area contributed by atoms with E-state index in [-0.39, 0.29) is 23.6 Å². The van der Waals surface area contributed by atoms with E-state index in [2.05, 4.69) is 0 Å². The van der Waals surface area contributed by atoms with Crippen LogP contribution in [-0.2, 0) is 9.59 Å². The van der Waals surface area contributed by atoms with Gasteiger partial charge in [0.15, 0.2) is 0 Å². The highest BCUT2D eigenvalue weighted by Crippen LogP contribution is 2.35. The first-order valence-electron chi connectivity index (χ1n) is 9.28. The molecule has 1 spiro atoms. The van der Waals surface area contributed by atoms with Crippen molar-refractivity contribution in [1.82, 2.24) is 14.7 Å². The molecule has 0 aliphatic carbocycles. The molecule has 1 atom stereocenters. The van der Waals surface area contributed by atoms with Gasteiger partial charge in [0.25, 0.3) is 5.91 Å². The quantitative estimate of drug-likeness (QED) is 0.775. The monoisotopic (exact) mass is 391 g/mol. The van der Waals surface area contributed by atoms with Gasteiger partial charge in [-0.1, -0.05) is 25.4 Å². The lowest BCUT2D eigenvalue weighted by Crippen LogP contribution is -2.45. The Morgan fingerprint density at radius 3 is 2.19 bits per heavy atom. The van der Waals surface area contributed by atoms with Crippen LogP contribution in [-0.4, -0.2) is 72.2 Å². The van der Waals surface area contributed by atoms with Crippen molar-refractivity contribution in [3.63, 3.8) is 0 Å². The van der Waals surface area contributed by atoms with Gasteiger partial charge in [0.2, 0.25) is 11.8 Å². The Morgan fingerprint density at radius 2 is 1.63 bits per heavy atom. The van der Waals surface area contributed by atoms with E-state index < -0.39 is 5.41 Å². The number of benzene rings is 1. The molecular formula is C20H26ClN3O3. The van der Waals surface area contributed by atoms with Crippen molar-refractivity contribution in [1.29, 1.82) is 0 Å². The molecule has 0 saturated carbocycles. The van der Waals surface area contributed by atoms with Crippen LogP contribution in [0.15, 0.2) is 24.3 Å². The predicted octanol–water partition coefficient (Wildman–Crippen LogP) is 2.13. The van der Waals surface area contributed by atoms with Gasteiger partial charge in [0.1, 0.15) is 0 Å². The lowest BCUT2D eigenvalue weighted by atomic mass is 9.85. The normalized spacial score (nSPS) is 23.3. The van der Waals surface area contributed by atoms with E-state index in [0.717, 1.165) is 0 Å². The minimum absolute atomic E-state index is 0.0627. The van der Waals surface area contributed by atoms with Gasteiger partial charge in [-0.2, -0.15) is 0 Å². The van der Waals surface area contributed by atoms with E-state index in [1.165, 1.54) is 0 Å². The second kappa shape index (κ2) is 7.50. The SMILES string of the molecule is CC(C)C(=O)N1CCN(C(=O)c2ccc(Cl)cc2)C[C@@]2(CC(=O)N(C)C2)C1. The van der Waals surface area contributed by atoms with E-state index in [4.69, 9.17) is 11.6 Å². The summed E-state index contributed by atoms with van der Waals surface area (Å²) in [4.78, 5) is 43.3. The Labute approximate surface area is 165 Å². The van der Waals surface area contributed by atoms with Crippen LogP contribution in [0, 0.1) is 11.3 Å². The predicted molar refractivity (Wildman–Crippen MR) is 103 cm³/mol. The fourth-order valence-corrected chi connectivity index (χ4v) is 4.20. The number of rotatable bonds is 2. The molecule has 0 bridgehead atoms. The molecule has 0 unspecified atom stereocenters. The van der Waals surface area contributed by atoms with E-state index >= 15 is 0 Å². The average Bonchev–Trinajstić information content (AvgIpc) is 2.79. The Bertz CT molecular complexity index is 749. The van der Waals surface area contributed by atoms with Crippen LogP contribution >= 0.6 is 11.6 Å². The third-order valence-electron chi connectivity index (χ3n) is 5.40. The van der Waals surface area contributed by atoms with Crippen LogP contribution in [0.3, 0.4) is 0 Å². The van der Waals surface area contributed by atoms with Crippen molar-refractivity contribution in [2.75, 3.05) is 39.8 Å². The topological polar surface area (TPSA) is 60.9 Å². The molecule has 1 aromatic rings. The zero-order valence-electron chi connectivity index (χ0n) is 16.1. The van der Waals surface area contributed by atoms with Crippen molar-refractivity contribution in [2.24, 2.45) is 11.3 Å². The summed E-state index contributed by atoms with van der Waals surface area (Å²) >= 11 is 5.93. The zero-order chi connectivity index (χ0) is 19.8. The average molecular weight is 392 g/mol. The maximum Gasteiger partial charge on any atom is 0.253 e. The number of hydrogen-bond acceptors (Lipinski definition) is 3. The number of halogens is 1. The van der Waals surface area contributed by atoms with Gasteiger partial charge >= 0.3 is 0 Å². The highest BCUT2D eigenvalue weighted by molar-refractivity contribution is 6.30. The molecule has 2 aliphatic rings. The van der Waals surface area contributed by atoms with Gasteiger partial charge < -0.3 is 14.7 Å². The van der Waals surface area contributed by atoms with Crippen molar-refractivity contribution in [2.45, 2.75) is 20.3 Å². The maximum absolute atomic E-state index is 13.1. The van der Waals surface area contributed by atoms with Gasteiger partial charge in [-0.25, -0.2) is 0 Å². The largest absolute Gasteiger partial charge is 0.345 e. The molecule has 7 heteroatoms. The number of hydrogen-bond donors (Lipinski definition) is 0. The fraction of sp³-hybridized carbons (Fsp3) is 0.550. The van der Waals surface area contributed by atoms with Crippen LogP contribution in [0.25, 0.3) is 0 Å². The van der Waals surface area contributed by atoms with Gasteiger partial charge in [0.05, 0.1) is 0 Å². The molecule has 0 N–H and O–H groups in total. The summed E-state index contributed by atoms with van der Waals surface area (Å²) in [5, 5.41) is 0.579. The smallest absolute Gasteiger partial charge is 0.253 e. The van der Waals surface area contributed by atoms with E-state index in [1.807, 2.05) is 18.7 Å². The summed E-state index contributed by atoms with van der Waals surface area (Å²) in [5.74, 6) is -0.0767. The first-order valence-corrected chi connectivity index (χ1v) is 9.66. The molecule has 2 fully saturated rings. The highest BCUT2D eigenvalue weighted by atomic mass is 35.5. The minimum atomic E-state index is -0.422. The maximum atomic E-state index is 13.1. The first-order chi connectivity index (χ1) is 12.7. The second-order valence-electron chi connectivity index (χ2n) is 8.07. The minimum Gasteiger partial charge on any atom is -0.345 e. The molecule has 1 aromatic carbocycles. The molecule has 0 radical (unpaired) electrons. The van der Waals surface area contributed by atoms with Gasteiger partial charge in [-0.3, -0.25) is 14.4 Å². The highest BCUT2D eigenvalue weighted by Gasteiger charge is 2.47. The molecule has 3 rings (SSSR count). The van der Waals surface area contributed by atoms with Gasteiger partial charge in [-0.05, 0) is 24.3 Å². The van der Waals surface area contributed by atoms with Crippen LogP contribution in [0.4, 0.5) is 0 Å². The lowest BCUT2D eigenvalue weighted by Gasteiger charge is -2.33. The number of likely N-dealkylation sites (tertiary alicyclic amines) is 1. The molecular weight excluding hydrogens is 366 g/mol. The number of nitrogens with zero attached hydrogens (tertiary/aromatic N) is 3. The zero-order valence-corrected chi connectivity index (χ0v) is 16.8. The standard InChI is InChI=1S/C20H26ClN3O3/c1-14(2)18(26)23-8-9-24(19(27)15-4-6-16(21)7-5-15)13-20(12-23)10-17(25)22(3)11-20/h4-7,14H,8-13H2,1-3H3/t20-/m1/s1. The Balaban J connectivity index is 1.88. The molecule has 2 saturated heterocycles. The molecule has 0 aromatic heterocycles. The molecule has 146 valence electrons. The summed E-state index contributed by atoms with van der Waals surface area (Å²) < 4.78 is 0. The summed E-state index contributed by atoms with van der Waals surface area (Å²) in [6.07, 6.45) is 0.357. The summed E-state index contributed by atoms with van der Waals surface area (Å²) in [7, 11) is 1.78. The van der Waals surface area contributed by atoms with Crippen LogP contribution < -0.4 is 0 Å². The number of amides is 3. The molecule has 2 heterocycles. The third-order valence-corrected chi connectivity index (χ3v) is 5.65. The Morgan fingerprint density at radius 1 is 1.04 bits per heavy atom. The molecule has 2 aliphatic heterocycles. The number of carbonyl (C=O) groups is 3. The van der Waals surface area contributed by atoms with Crippen molar-refractivity contribution >= 4 is 29.3 Å². The summed E-state index contributed by atoms with van der Waals surface area (Å²) in [6, 6.07) is 6.82. The summed E-state index contributed by atoms with van der Waals surface area (Å²) in [5.41, 5.74) is 0.144. The molecule has 27 heavy (non-hydrogen) atoms. The van der Waals surface area contributed by atoms with E-state index in [9.17, 15) is 14.4 Å². The van der Waals surface area contributed by atoms with Crippen molar-refractivity contribution < 1.29 is 14.4 Å². The van der Waals surface area contributed by atoms with Crippen molar-refractivity contribution in [3.05, 3.63) is 34.9 Å². The van der Waals surface area contributed by atoms with E-state index in [0.29, 0.717) is 49.7 Å². The van der Waals surface area contributed by atoms with Gasteiger partial charge in [0, 0.05) is 68.1 Å². The summed E-state index contributed by atoms with van der Waals surface area (Å²) in [6.45, 7) is 6.22. The molecule has 6 nitrogen and oxygen atoms in total. The second-order valence-corrected chi connectivity index (χ2v) is 8.51. The number of carbonyl (C=O) groups excluding carboxylic acids is 3. The molecule has 3 amide bonds. The van der Waals surface area contributed by atoms with Crippen molar-refractivity contribution in [3.8, 4) is 0 Å². The first kappa shape index (κ1) is 19.7. The Kier molecular flexibility index (Phi) is 5.47. The van der Waals surface area contributed by atoms with Crippen LogP contribution in [0.1, 0.15) is 30.6 Å². The van der Waals surface area contributed by atoms with Crippen LogP contribution in [0.5, 0.6) is 0 Å². The Hall–Kier alpha value is -2.08.